The van der Waals surface area contributed by atoms with Crippen molar-refractivity contribution in [1.82, 2.24) is 0 Å². The second-order valence-electron chi connectivity index (χ2n) is 5.89. The van der Waals surface area contributed by atoms with Gasteiger partial charge in [-0.05, 0) is 45.7 Å². The molecule has 0 amide bonds. The van der Waals surface area contributed by atoms with Crippen LogP contribution >= 0.6 is 0 Å². The summed E-state index contributed by atoms with van der Waals surface area (Å²) in [6, 6.07) is 10.2. The van der Waals surface area contributed by atoms with Crippen LogP contribution < -0.4 is 0 Å². The first-order chi connectivity index (χ1) is 8.32. The maximum atomic E-state index is 6.01. The highest BCUT2D eigenvalue weighted by molar-refractivity contribution is 6.55. The summed E-state index contributed by atoms with van der Waals surface area (Å²) in [5, 5.41) is 0. The normalized spacial score (nSPS) is 22.3. The molecular formula is C15H21BO2. The Balaban J connectivity index is 2.18. The van der Waals surface area contributed by atoms with Crippen LogP contribution in [0.25, 0.3) is 6.08 Å². The second-order valence-corrected chi connectivity index (χ2v) is 5.89. The molecule has 96 valence electrons. The monoisotopic (exact) mass is 244 g/mol. The lowest BCUT2D eigenvalue weighted by molar-refractivity contribution is 0.00578. The molecule has 0 aromatic heterocycles. The molecule has 1 aromatic rings. The molecule has 0 saturated carbocycles. The molecule has 1 fully saturated rings. The molecule has 1 aromatic carbocycles. The molecule has 18 heavy (non-hydrogen) atoms. The summed E-state index contributed by atoms with van der Waals surface area (Å²) in [5.74, 6) is 0. The average molecular weight is 244 g/mol. The third kappa shape index (κ3) is 2.52. The fourth-order valence-electron chi connectivity index (χ4n) is 1.91. The molecule has 1 aliphatic rings. The van der Waals surface area contributed by atoms with Crippen LogP contribution in [0.15, 0.2) is 35.8 Å². The Morgan fingerprint density at radius 1 is 1.00 bits per heavy atom. The van der Waals surface area contributed by atoms with Gasteiger partial charge in [0.05, 0.1) is 11.2 Å². The summed E-state index contributed by atoms with van der Waals surface area (Å²) < 4.78 is 12.0. The topological polar surface area (TPSA) is 18.5 Å². The van der Waals surface area contributed by atoms with Gasteiger partial charge in [0.1, 0.15) is 0 Å². The van der Waals surface area contributed by atoms with Crippen molar-refractivity contribution in [1.29, 1.82) is 0 Å². The summed E-state index contributed by atoms with van der Waals surface area (Å²) in [6.07, 6.45) is 2.11. The molecule has 1 saturated heterocycles. The van der Waals surface area contributed by atoms with Crippen LogP contribution in [0.3, 0.4) is 0 Å². The first-order valence-corrected chi connectivity index (χ1v) is 6.41. The van der Waals surface area contributed by atoms with E-state index in [9.17, 15) is 0 Å². The zero-order chi connectivity index (χ0) is 13.4. The molecular weight excluding hydrogens is 223 g/mol. The van der Waals surface area contributed by atoms with E-state index in [2.05, 4.69) is 52.8 Å². The second kappa shape index (κ2) is 4.56. The predicted octanol–water partition coefficient (Wildman–Crippen LogP) is 3.72. The van der Waals surface area contributed by atoms with Crippen molar-refractivity contribution in [3.8, 4) is 0 Å². The van der Waals surface area contributed by atoms with Gasteiger partial charge in [-0.25, -0.2) is 0 Å². The first-order valence-electron chi connectivity index (χ1n) is 6.41. The van der Waals surface area contributed by atoms with E-state index in [0.717, 1.165) is 5.47 Å². The smallest absolute Gasteiger partial charge is 0.400 e. The maximum absolute atomic E-state index is 6.01. The molecule has 2 nitrogen and oxygen atoms in total. The number of hydrogen-bond acceptors (Lipinski definition) is 2. The van der Waals surface area contributed by atoms with Gasteiger partial charge >= 0.3 is 7.12 Å². The Kier molecular flexibility index (Phi) is 3.39. The molecule has 1 aliphatic heterocycles. The lowest BCUT2D eigenvalue weighted by atomic mass is 9.78. The first kappa shape index (κ1) is 13.4. The van der Waals surface area contributed by atoms with Crippen LogP contribution in [0.1, 0.15) is 40.2 Å². The molecule has 0 unspecified atom stereocenters. The number of benzene rings is 1. The summed E-state index contributed by atoms with van der Waals surface area (Å²) >= 11 is 0. The van der Waals surface area contributed by atoms with E-state index >= 15 is 0 Å². The minimum Gasteiger partial charge on any atom is -0.400 e. The Labute approximate surface area is 110 Å². The van der Waals surface area contributed by atoms with Crippen LogP contribution in [0, 0.1) is 0 Å². The predicted molar refractivity (Wildman–Crippen MR) is 76.2 cm³/mol. The van der Waals surface area contributed by atoms with Crippen molar-refractivity contribution in [3.05, 3.63) is 41.4 Å². The zero-order valence-corrected chi connectivity index (χ0v) is 11.9. The largest absolute Gasteiger partial charge is 0.490 e. The summed E-state index contributed by atoms with van der Waals surface area (Å²) in [4.78, 5) is 0. The zero-order valence-electron chi connectivity index (χ0n) is 11.9. The van der Waals surface area contributed by atoms with E-state index in [0.29, 0.717) is 0 Å². The van der Waals surface area contributed by atoms with Crippen molar-refractivity contribution < 1.29 is 9.31 Å². The molecule has 0 bridgehead atoms. The number of rotatable bonds is 2. The minimum absolute atomic E-state index is 0.254. The Bertz CT molecular complexity index is 433. The van der Waals surface area contributed by atoms with Crippen LogP contribution in [0.2, 0.25) is 0 Å². The van der Waals surface area contributed by atoms with E-state index < -0.39 is 0 Å². The maximum Gasteiger partial charge on any atom is 0.490 e. The van der Waals surface area contributed by atoms with Gasteiger partial charge in [-0.2, -0.15) is 0 Å². The van der Waals surface area contributed by atoms with Gasteiger partial charge in [-0.3, -0.25) is 0 Å². The van der Waals surface area contributed by atoms with Gasteiger partial charge in [0.2, 0.25) is 0 Å². The van der Waals surface area contributed by atoms with Crippen LogP contribution in [0.4, 0.5) is 0 Å². The van der Waals surface area contributed by atoms with Crippen molar-refractivity contribution in [2.75, 3.05) is 0 Å². The van der Waals surface area contributed by atoms with Gasteiger partial charge in [-0.1, -0.05) is 36.4 Å². The van der Waals surface area contributed by atoms with E-state index in [4.69, 9.17) is 9.31 Å². The van der Waals surface area contributed by atoms with Crippen molar-refractivity contribution in [3.63, 3.8) is 0 Å². The molecule has 0 radical (unpaired) electrons. The third-order valence-electron chi connectivity index (χ3n) is 3.82. The van der Waals surface area contributed by atoms with Crippen molar-refractivity contribution >= 4 is 13.2 Å². The molecule has 0 aliphatic carbocycles. The van der Waals surface area contributed by atoms with E-state index in [-0.39, 0.29) is 18.3 Å². The summed E-state index contributed by atoms with van der Waals surface area (Å²) in [6.45, 7) is 10.3. The van der Waals surface area contributed by atoms with E-state index in [1.165, 1.54) is 5.56 Å². The molecule has 0 atom stereocenters. The van der Waals surface area contributed by atoms with Gasteiger partial charge in [0, 0.05) is 0 Å². The van der Waals surface area contributed by atoms with Crippen LogP contribution in [-0.2, 0) is 9.31 Å². The van der Waals surface area contributed by atoms with Crippen molar-refractivity contribution in [2.45, 2.75) is 45.8 Å². The lowest BCUT2D eigenvalue weighted by Gasteiger charge is -2.32. The fourth-order valence-corrected chi connectivity index (χ4v) is 1.91. The fraction of sp³-hybridized carbons (Fsp3) is 0.467. The molecule has 2 rings (SSSR count). The summed E-state index contributed by atoms with van der Waals surface area (Å²) in [7, 11) is -0.254. The Morgan fingerprint density at radius 2 is 1.50 bits per heavy atom. The van der Waals surface area contributed by atoms with E-state index in [1.54, 1.807) is 0 Å². The lowest BCUT2D eigenvalue weighted by Crippen LogP contribution is -2.41. The minimum atomic E-state index is -0.274. The van der Waals surface area contributed by atoms with Gasteiger partial charge in [0.15, 0.2) is 0 Å². The van der Waals surface area contributed by atoms with Gasteiger partial charge in [0.25, 0.3) is 0 Å². The average Bonchev–Trinajstić information content (AvgIpc) is 2.50. The third-order valence-corrected chi connectivity index (χ3v) is 3.82. The molecule has 0 N–H and O–H groups in total. The Morgan fingerprint density at radius 3 is 2.00 bits per heavy atom. The van der Waals surface area contributed by atoms with Gasteiger partial charge in [-0.15, -0.1) is 0 Å². The standard InChI is InChI=1S/C15H21BO2/c1-12(11-13-9-7-6-8-10-13)16-17-14(2,3)15(4,5)18-16/h6-11H,1-5H3/b12-11-. The molecule has 1 heterocycles. The Hall–Kier alpha value is -1.06. The highest BCUT2D eigenvalue weighted by Crippen LogP contribution is 2.38. The number of hydrogen-bond donors (Lipinski definition) is 0. The molecule has 3 heteroatoms. The SMILES string of the molecule is C/C(=C/c1ccccc1)B1OC(C)(C)C(C)(C)O1. The molecule has 0 spiro atoms. The number of allylic oxidation sites excluding steroid dienone is 1. The summed E-state index contributed by atoms with van der Waals surface area (Å²) in [5.41, 5.74) is 1.72. The van der Waals surface area contributed by atoms with Crippen LogP contribution in [-0.4, -0.2) is 18.3 Å². The van der Waals surface area contributed by atoms with Gasteiger partial charge < -0.3 is 9.31 Å². The van der Waals surface area contributed by atoms with Crippen molar-refractivity contribution in [2.24, 2.45) is 0 Å². The highest BCUT2D eigenvalue weighted by Gasteiger charge is 2.51. The highest BCUT2D eigenvalue weighted by atomic mass is 16.7. The van der Waals surface area contributed by atoms with E-state index in [1.807, 2.05) is 18.2 Å². The quantitative estimate of drug-likeness (QED) is 0.738. The van der Waals surface area contributed by atoms with Crippen LogP contribution in [0.5, 0.6) is 0 Å².